The Morgan fingerprint density at radius 2 is 1.95 bits per heavy atom. The van der Waals surface area contributed by atoms with Crippen LogP contribution in [0.2, 0.25) is 0 Å². The smallest absolute Gasteiger partial charge is 0.323 e. The molecule has 2 aliphatic rings. The Hall–Kier alpha value is -0.580. The standard InChI is InChI=1S/C14H23BrN2O2/c1-11-5-7-14(8-6-11)12(18)17(13(19)16-14)10-4-2-3-9-15/h11H,2-10H2,1H3,(H,16,19). The van der Waals surface area contributed by atoms with E-state index in [0.29, 0.717) is 12.5 Å². The number of alkyl halides is 1. The van der Waals surface area contributed by atoms with E-state index in [0.717, 1.165) is 50.3 Å². The molecule has 1 aliphatic carbocycles. The molecule has 5 heteroatoms. The van der Waals surface area contributed by atoms with Crippen LogP contribution in [-0.4, -0.2) is 34.3 Å². The van der Waals surface area contributed by atoms with Gasteiger partial charge in [0.1, 0.15) is 5.54 Å². The molecule has 2 fully saturated rings. The predicted molar refractivity (Wildman–Crippen MR) is 78.3 cm³/mol. The first-order valence-electron chi connectivity index (χ1n) is 7.29. The lowest BCUT2D eigenvalue weighted by Crippen LogP contribution is -2.49. The minimum Gasteiger partial charge on any atom is -0.323 e. The summed E-state index contributed by atoms with van der Waals surface area (Å²) >= 11 is 3.39. The number of carbonyl (C=O) groups is 2. The van der Waals surface area contributed by atoms with Crippen LogP contribution in [0, 0.1) is 5.92 Å². The van der Waals surface area contributed by atoms with Gasteiger partial charge in [-0.2, -0.15) is 0 Å². The number of rotatable bonds is 5. The number of urea groups is 1. The van der Waals surface area contributed by atoms with Crippen molar-refractivity contribution in [2.45, 2.75) is 57.4 Å². The Balaban J connectivity index is 1.92. The fourth-order valence-electron chi connectivity index (χ4n) is 3.01. The summed E-state index contributed by atoms with van der Waals surface area (Å²) < 4.78 is 0. The molecule has 1 aliphatic heterocycles. The SMILES string of the molecule is CC1CCC2(CC1)NC(=O)N(CCCCCBr)C2=O. The third kappa shape index (κ3) is 3.12. The molecule has 1 saturated heterocycles. The molecule has 0 aromatic rings. The highest BCUT2D eigenvalue weighted by Gasteiger charge is 2.51. The zero-order chi connectivity index (χ0) is 13.9. The van der Waals surface area contributed by atoms with Crippen LogP contribution in [0.1, 0.15) is 51.9 Å². The molecule has 1 N–H and O–H groups in total. The Morgan fingerprint density at radius 3 is 2.58 bits per heavy atom. The van der Waals surface area contributed by atoms with Gasteiger partial charge in [-0.15, -0.1) is 0 Å². The van der Waals surface area contributed by atoms with Crippen LogP contribution in [0.4, 0.5) is 4.79 Å². The summed E-state index contributed by atoms with van der Waals surface area (Å²) in [5.41, 5.74) is -0.570. The lowest BCUT2D eigenvalue weighted by molar-refractivity contribution is -0.132. The average molecular weight is 331 g/mol. The van der Waals surface area contributed by atoms with Crippen LogP contribution in [0.3, 0.4) is 0 Å². The van der Waals surface area contributed by atoms with E-state index in [1.54, 1.807) is 0 Å². The molecule has 0 aromatic heterocycles. The third-order valence-corrected chi connectivity index (χ3v) is 4.95. The minimum absolute atomic E-state index is 0.0169. The first-order valence-corrected chi connectivity index (χ1v) is 8.41. The lowest BCUT2D eigenvalue weighted by Gasteiger charge is -2.33. The summed E-state index contributed by atoms with van der Waals surface area (Å²) in [7, 11) is 0. The van der Waals surface area contributed by atoms with Gasteiger partial charge in [-0.1, -0.05) is 29.3 Å². The maximum Gasteiger partial charge on any atom is 0.325 e. The molecule has 1 heterocycles. The van der Waals surface area contributed by atoms with Crippen LogP contribution in [0.5, 0.6) is 0 Å². The van der Waals surface area contributed by atoms with Crippen molar-refractivity contribution in [3.63, 3.8) is 0 Å². The van der Waals surface area contributed by atoms with E-state index in [1.807, 2.05) is 0 Å². The first-order chi connectivity index (χ1) is 9.09. The van der Waals surface area contributed by atoms with Crippen molar-refractivity contribution in [2.24, 2.45) is 5.92 Å². The van der Waals surface area contributed by atoms with E-state index in [-0.39, 0.29) is 11.9 Å². The Morgan fingerprint density at radius 1 is 1.26 bits per heavy atom. The molecular weight excluding hydrogens is 308 g/mol. The summed E-state index contributed by atoms with van der Waals surface area (Å²) in [6, 6.07) is -0.182. The molecular formula is C14H23BrN2O2. The van der Waals surface area contributed by atoms with Crippen LogP contribution in [-0.2, 0) is 4.79 Å². The number of imide groups is 1. The maximum absolute atomic E-state index is 12.5. The molecule has 1 saturated carbocycles. The molecule has 108 valence electrons. The summed E-state index contributed by atoms with van der Waals surface area (Å²) in [5.74, 6) is 0.687. The Bertz CT molecular complexity index is 351. The van der Waals surface area contributed by atoms with Gasteiger partial charge < -0.3 is 5.32 Å². The minimum atomic E-state index is -0.570. The predicted octanol–water partition coefficient (Wildman–Crippen LogP) is 3.05. The van der Waals surface area contributed by atoms with Gasteiger partial charge >= 0.3 is 6.03 Å². The van der Waals surface area contributed by atoms with Crippen LogP contribution < -0.4 is 5.32 Å². The maximum atomic E-state index is 12.5. The summed E-state index contributed by atoms with van der Waals surface area (Å²) in [4.78, 5) is 25.9. The highest BCUT2D eigenvalue weighted by molar-refractivity contribution is 9.09. The van der Waals surface area contributed by atoms with E-state index in [4.69, 9.17) is 0 Å². The lowest BCUT2D eigenvalue weighted by atomic mass is 9.77. The van der Waals surface area contributed by atoms with Crippen molar-refractivity contribution >= 4 is 27.9 Å². The van der Waals surface area contributed by atoms with Crippen molar-refractivity contribution in [3.8, 4) is 0 Å². The van der Waals surface area contributed by atoms with E-state index in [2.05, 4.69) is 28.2 Å². The molecule has 2 rings (SSSR count). The van der Waals surface area contributed by atoms with Gasteiger partial charge in [0.2, 0.25) is 0 Å². The molecule has 3 amide bonds. The second kappa shape index (κ2) is 6.25. The normalized spacial score (nSPS) is 31.1. The number of hydrogen-bond donors (Lipinski definition) is 1. The molecule has 19 heavy (non-hydrogen) atoms. The topological polar surface area (TPSA) is 49.4 Å². The van der Waals surface area contributed by atoms with Gasteiger partial charge in [0.25, 0.3) is 5.91 Å². The zero-order valence-electron chi connectivity index (χ0n) is 11.6. The first kappa shape index (κ1) is 14.8. The molecule has 0 bridgehead atoms. The van der Waals surface area contributed by atoms with Crippen molar-refractivity contribution in [3.05, 3.63) is 0 Å². The van der Waals surface area contributed by atoms with Crippen LogP contribution >= 0.6 is 15.9 Å². The summed E-state index contributed by atoms with van der Waals surface area (Å²) in [5, 5.41) is 3.94. The van der Waals surface area contributed by atoms with Gasteiger partial charge in [-0.25, -0.2) is 4.79 Å². The molecule has 0 aromatic carbocycles. The second-order valence-electron chi connectivity index (χ2n) is 5.90. The highest BCUT2D eigenvalue weighted by atomic mass is 79.9. The van der Waals surface area contributed by atoms with Crippen molar-refractivity contribution < 1.29 is 9.59 Å². The van der Waals surface area contributed by atoms with E-state index in [9.17, 15) is 9.59 Å². The fraction of sp³-hybridized carbons (Fsp3) is 0.857. The van der Waals surface area contributed by atoms with Crippen molar-refractivity contribution in [1.29, 1.82) is 0 Å². The molecule has 0 unspecified atom stereocenters. The number of nitrogens with one attached hydrogen (secondary N) is 1. The summed E-state index contributed by atoms with van der Waals surface area (Å²) in [6.07, 6.45) is 6.70. The van der Waals surface area contributed by atoms with Crippen molar-refractivity contribution in [2.75, 3.05) is 11.9 Å². The Kier molecular flexibility index (Phi) is 4.87. The monoisotopic (exact) mass is 330 g/mol. The molecule has 4 nitrogen and oxygen atoms in total. The van der Waals surface area contributed by atoms with Gasteiger partial charge in [0.05, 0.1) is 0 Å². The second-order valence-corrected chi connectivity index (χ2v) is 6.69. The summed E-state index contributed by atoms with van der Waals surface area (Å²) in [6.45, 7) is 2.78. The number of unbranched alkanes of at least 4 members (excludes halogenated alkanes) is 2. The zero-order valence-corrected chi connectivity index (χ0v) is 13.2. The molecule has 0 radical (unpaired) electrons. The van der Waals surface area contributed by atoms with Crippen molar-refractivity contribution in [1.82, 2.24) is 10.2 Å². The molecule has 1 spiro atoms. The fourth-order valence-corrected chi connectivity index (χ4v) is 3.41. The van der Waals surface area contributed by atoms with Crippen LogP contribution in [0.15, 0.2) is 0 Å². The van der Waals surface area contributed by atoms with Gasteiger partial charge in [0, 0.05) is 11.9 Å². The number of hydrogen-bond acceptors (Lipinski definition) is 2. The van der Waals surface area contributed by atoms with Gasteiger partial charge in [-0.3, -0.25) is 9.69 Å². The molecule has 0 atom stereocenters. The largest absolute Gasteiger partial charge is 0.325 e. The quantitative estimate of drug-likeness (QED) is 0.478. The van der Waals surface area contributed by atoms with E-state index < -0.39 is 5.54 Å². The van der Waals surface area contributed by atoms with Crippen LogP contribution in [0.25, 0.3) is 0 Å². The average Bonchev–Trinajstić information content (AvgIpc) is 2.62. The van der Waals surface area contributed by atoms with Gasteiger partial charge in [0.15, 0.2) is 0 Å². The highest BCUT2D eigenvalue weighted by Crippen LogP contribution is 2.36. The van der Waals surface area contributed by atoms with E-state index >= 15 is 0 Å². The number of amides is 3. The van der Waals surface area contributed by atoms with Gasteiger partial charge in [-0.05, 0) is 44.4 Å². The third-order valence-electron chi connectivity index (χ3n) is 4.39. The number of halogens is 1. The van der Waals surface area contributed by atoms with E-state index in [1.165, 1.54) is 4.90 Å². The Labute approximate surface area is 123 Å². The number of carbonyl (C=O) groups excluding carboxylic acids is 2. The number of nitrogens with zero attached hydrogens (tertiary/aromatic N) is 1.